The molecule has 2 aliphatic rings. The minimum absolute atomic E-state index is 0.118. The zero-order chi connectivity index (χ0) is 34.7. The number of methoxy groups -OCH3 is 1. The molecule has 13 heteroatoms. The molecule has 1 amide bonds. The highest BCUT2D eigenvalue weighted by Crippen LogP contribution is 2.36. The van der Waals surface area contributed by atoms with Gasteiger partial charge in [0.25, 0.3) is 0 Å². The van der Waals surface area contributed by atoms with Crippen molar-refractivity contribution in [3.05, 3.63) is 86.5 Å². The number of carbonyl (C=O) groups excluding carboxylic acids is 1. The Labute approximate surface area is 291 Å². The Bertz CT molecular complexity index is 1850. The Kier molecular flexibility index (Phi) is 10.5. The van der Waals surface area contributed by atoms with Crippen molar-refractivity contribution in [1.29, 1.82) is 5.26 Å². The van der Waals surface area contributed by atoms with Gasteiger partial charge in [-0.2, -0.15) is 19.6 Å². The van der Waals surface area contributed by atoms with Gasteiger partial charge in [-0.05, 0) is 105 Å². The first kappa shape index (κ1) is 35.0. The molecule has 9 nitrogen and oxygen atoms in total. The van der Waals surface area contributed by atoms with Crippen LogP contribution in [0.25, 0.3) is 10.9 Å². The molecule has 0 spiro atoms. The number of anilines is 2. The van der Waals surface area contributed by atoms with Gasteiger partial charge in [0, 0.05) is 25.0 Å². The molecule has 4 aromatic rings. The fraction of sp³-hybridized carbons (Fsp3) is 0.371. The molecule has 2 bridgehead atoms. The number of nitriles is 1. The van der Waals surface area contributed by atoms with E-state index in [2.05, 4.69) is 21.4 Å². The van der Waals surface area contributed by atoms with Crippen molar-refractivity contribution < 1.29 is 27.4 Å². The smallest absolute Gasteiger partial charge is 0.410 e. The number of aromatic nitrogens is 2. The van der Waals surface area contributed by atoms with Crippen molar-refractivity contribution in [2.75, 3.05) is 30.4 Å². The van der Waals surface area contributed by atoms with Gasteiger partial charge in [0.15, 0.2) is 5.82 Å². The van der Waals surface area contributed by atoms with Crippen molar-refractivity contribution in [2.24, 2.45) is 0 Å². The third-order valence-corrected chi connectivity index (χ3v) is 9.09. The highest BCUT2D eigenvalue weighted by Gasteiger charge is 2.45. The monoisotopic (exact) mass is 772 g/mol. The highest BCUT2D eigenvalue weighted by molar-refractivity contribution is 14.1. The summed E-state index contributed by atoms with van der Waals surface area (Å²) in [4.78, 5) is 23.5. The Balaban J connectivity index is 0.000000206. The predicted octanol–water partition coefficient (Wildman–Crippen LogP) is 7.73. The first-order valence-electron chi connectivity index (χ1n) is 15.4. The van der Waals surface area contributed by atoms with E-state index in [0.29, 0.717) is 25.2 Å². The van der Waals surface area contributed by atoms with E-state index >= 15 is 0 Å². The molecular weight excluding hydrogens is 736 g/mol. The summed E-state index contributed by atoms with van der Waals surface area (Å²) in [5.74, 6) is -0.666. The lowest BCUT2D eigenvalue weighted by molar-refractivity contribution is 0.0122. The molecule has 2 saturated heterocycles. The second-order valence-corrected chi connectivity index (χ2v) is 13.8. The van der Waals surface area contributed by atoms with Crippen molar-refractivity contribution in [2.45, 2.75) is 64.8 Å². The molecule has 1 N–H and O–H groups in total. The number of ether oxygens (including phenoxy) is 2. The molecule has 3 aromatic carbocycles. The van der Waals surface area contributed by atoms with E-state index in [0.717, 1.165) is 41.5 Å². The lowest BCUT2D eigenvalue weighted by atomic mass is 10.1. The SMILES string of the molecule is CC(C)(C)OC(=O)N1C2CC[C@H]1CN(c1nc(F)nc3c(F)c(I)c(F)cc13)C2.COc1ccc(CNc2cc(C)ccc2C#N)cc1. The second-order valence-electron chi connectivity index (χ2n) is 12.7. The summed E-state index contributed by atoms with van der Waals surface area (Å²) in [5.41, 5.74) is 2.96. The largest absolute Gasteiger partial charge is 0.497 e. The lowest BCUT2D eigenvalue weighted by Crippen LogP contribution is -2.57. The summed E-state index contributed by atoms with van der Waals surface area (Å²) in [6, 6.07) is 16.7. The van der Waals surface area contributed by atoms with Crippen LogP contribution in [0.15, 0.2) is 48.5 Å². The highest BCUT2D eigenvalue weighted by atomic mass is 127. The minimum atomic E-state index is -1.07. The molecule has 0 radical (unpaired) electrons. The Morgan fingerprint density at radius 1 is 1.06 bits per heavy atom. The summed E-state index contributed by atoms with van der Waals surface area (Å²) in [6.07, 6.45) is 0.0877. The number of benzene rings is 3. The number of amides is 1. The van der Waals surface area contributed by atoms with Crippen molar-refractivity contribution in [3.8, 4) is 11.8 Å². The van der Waals surface area contributed by atoms with Crippen molar-refractivity contribution in [3.63, 3.8) is 0 Å². The van der Waals surface area contributed by atoms with Gasteiger partial charge < -0.3 is 19.7 Å². The maximum Gasteiger partial charge on any atom is 0.410 e. The molecular formula is C35H36F3IN6O3. The normalized spacial score (nSPS) is 17.0. The van der Waals surface area contributed by atoms with E-state index in [-0.39, 0.29) is 38.5 Å². The first-order chi connectivity index (χ1) is 22.8. The molecule has 48 heavy (non-hydrogen) atoms. The molecule has 2 atom stereocenters. The lowest BCUT2D eigenvalue weighted by Gasteiger charge is -2.42. The second kappa shape index (κ2) is 14.4. The number of hydrogen-bond acceptors (Lipinski definition) is 8. The van der Waals surface area contributed by atoms with E-state index in [1.165, 1.54) is 22.6 Å². The number of rotatable bonds is 5. The summed E-state index contributed by atoms with van der Waals surface area (Å²) < 4.78 is 53.1. The molecule has 3 heterocycles. The van der Waals surface area contributed by atoms with Crippen LogP contribution in [0.5, 0.6) is 5.75 Å². The van der Waals surface area contributed by atoms with Gasteiger partial charge in [-0.15, -0.1) is 0 Å². The van der Waals surface area contributed by atoms with Gasteiger partial charge in [-0.25, -0.2) is 13.6 Å². The summed E-state index contributed by atoms with van der Waals surface area (Å²) in [7, 11) is 1.65. The topological polar surface area (TPSA) is 104 Å². The average molecular weight is 773 g/mol. The van der Waals surface area contributed by atoms with Crippen LogP contribution >= 0.6 is 22.6 Å². The van der Waals surface area contributed by atoms with E-state index in [1.54, 1.807) is 16.9 Å². The maximum absolute atomic E-state index is 14.5. The molecule has 1 unspecified atom stereocenters. The fourth-order valence-electron chi connectivity index (χ4n) is 5.90. The summed E-state index contributed by atoms with van der Waals surface area (Å²) >= 11 is 1.53. The van der Waals surface area contributed by atoms with Crippen LogP contribution in [-0.2, 0) is 11.3 Å². The quantitative estimate of drug-likeness (QED) is 0.125. The van der Waals surface area contributed by atoms with Crippen LogP contribution in [0.4, 0.5) is 29.5 Å². The molecule has 6 rings (SSSR count). The van der Waals surface area contributed by atoms with Gasteiger partial charge in [0.2, 0.25) is 0 Å². The fourth-order valence-corrected chi connectivity index (χ4v) is 6.31. The standard InChI is InChI=1S/C19H20F3IN4O2.C16H16N2O/c1-19(2,3)29-18(28)27-9-4-5-10(27)8-26(7-9)16-11-6-12(20)14(23)13(21)15(11)24-17(22)25-16;1-12-3-6-14(10-17)16(9-12)18-11-13-4-7-15(19-2)8-5-13/h6,9-10H,4-5,7-8H2,1-3H3;3-9,18H,11H2,1-2H3/t9-,10?;/m0./s1. The van der Waals surface area contributed by atoms with Crippen LogP contribution < -0.4 is 15.0 Å². The zero-order valence-corrected chi connectivity index (χ0v) is 29.4. The Morgan fingerprint density at radius 2 is 1.73 bits per heavy atom. The van der Waals surface area contributed by atoms with E-state index < -0.39 is 23.3 Å². The van der Waals surface area contributed by atoms with Crippen molar-refractivity contribution >= 4 is 51.1 Å². The molecule has 1 aromatic heterocycles. The zero-order valence-electron chi connectivity index (χ0n) is 27.3. The Morgan fingerprint density at radius 3 is 2.33 bits per heavy atom. The third kappa shape index (κ3) is 7.86. The van der Waals surface area contributed by atoms with Gasteiger partial charge in [0.05, 0.1) is 34.0 Å². The van der Waals surface area contributed by atoms with Crippen LogP contribution in [0.1, 0.15) is 50.3 Å². The first-order valence-corrected chi connectivity index (χ1v) is 16.5. The average Bonchev–Trinajstić information content (AvgIpc) is 3.32. The van der Waals surface area contributed by atoms with E-state index in [9.17, 15) is 18.0 Å². The Hall–Kier alpha value is -4.32. The van der Waals surface area contributed by atoms with Crippen LogP contribution in [0.3, 0.4) is 0 Å². The molecule has 2 aliphatic heterocycles. The number of halogens is 4. The van der Waals surface area contributed by atoms with E-state index in [1.807, 2.05) is 70.2 Å². The maximum atomic E-state index is 14.5. The molecule has 252 valence electrons. The van der Waals surface area contributed by atoms with Crippen LogP contribution in [0.2, 0.25) is 0 Å². The molecule has 2 fully saturated rings. The number of aryl methyl sites for hydroxylation is 1. The minimum Gasteiger partial charge on any atom is -0.497 e. The molecule has 0 saturated carbocycles. The number of nitrogens with one attached hydrogen (secondary N) is 1. The van der Waals surface area contributed by atoms with E-state index in [4.69, 9.17) is 14.7 Å². The summed E-state index contributed by atoms with van der Waals surface area (Å²) in [5, 5.41) is 12.5. The van der Waals surface area contributed by atoms with Crippen molar-refractivity contribution in [1.82, 2.24) is 14.9 Å². The van der Waals surface area contributed by atoms with Crippen LogP contribution in [0, 0.1) is 39.5 Å². The number of carbonyl (C=O) groups is 1. The van der Waals surface area contributed by atoms with Gasteiger partial charge in [-0.3, -0.25) is 4.90 Å². The van der Waals surface area contributed by atoms with Crippen LogP contribution in [-0.4, -0.2) is 58.8 Å². The third-order valence-electron chi connectivity index (χ3n) is 8.10. The molecule has 0 aliphatic carbocycles. The predicted molar refractivity (Wildman–Crippen MR) is 185 cm³/mol. The number of hydrogen-bond donors (Lipinski definition) is 1. The van der Waals surface area contributed by atoms with Gasteiger partial charge in [-0.1, -0.05) is 18.2 Å². The number of fused-ring (bicyclic) bond motifs is 3. The number of piperazine rings is 1. The van der Waals surface area contributed by atoms with Gasteiger partial charge in [0.1, 0.15) is 34.6 Å². The number of nitrogens with zero attached hydrogens (tertiary/aromatic N) is 5. The summed E-state index contributed by atoms with van der Waals surface area (Å²) in [6.45, 7) is 8.87. The van der Waals surface area contributed by atoms with Gasteiger partial charge >= 0.3 is 12.2 Å².